The molecule has 1 saturated carbocycles. The van der Waals surface area contributed by atoms with Crippen LogP contribution in [-0.4, -0.2) is 30.2 Å². The second-order valence-electron chi connectivity index (χ2n) is 6.16. The van der Waals surface area contributed by atoms with Gasteiger partial charge in [-0.2, -0.15) is 0 Å². The maximum absolute atomic E-state index is 13.4. The molecule has 0 aromatic rings. The first-order valence-corrected chi connectivity index (χ1v) is 6.71. The van der Waals surface area contributed by atoms with E-state index in [9.17, 15) is 13.6 Å². The van der Waals surface area contributed by atoms with E-state index in [0.717, 1.165) is 0 Å². The summed E-state index contributed by atoms with van der Waals surface area (Å²) in [6.07, 6.45) is 1.36. The molecule has 1 aliphatic rings. The van der Waals surface area contributed by atoms with Crippen molar-refractivity contribution >= 4 is 6.09 Å². The fraction of sp³-hybridized carbons (Fsp3) is 0.923. The van der Waals surface area contributed by atoms with E-state index in [-0.39, 0.29) is 6.04 Å². The minimum atomic E-state index is -2.79. The third-order valence-electron chi connectivity index (χ3n) is 3.32. The average Bonchev–Trinajstić information content (AvgIpc) is 2.27. The van der Waals surface area contributed by atoms with Crippen LogP contribution in [0.3, 0.4) is 0 Å². The highest BCUT2D eigenvalue weighted by atomic mass is 19.3. The fourth-order valence-electron chi connectivity index (χ4n) is 2.30. The molecule has 1 fully saturated rings. The van der Waals surface area contributed by atoms with Crippen molar-refractivity contribution in [1.82, 2.24) is 5.32 Å². The van der Waals surface area contributed by atoms with Gasteiger partial charge in [0.1, 0.15) is 5.60 Å². The van der Waals surface area contributed by atoms with Crippen molar-refractivity contribution in [3.05, 3.63) is 0 Å². The van der Waals surface area contributed by atoms with Crippen molar-refractivity contribution < 1.29 is 18.3 Å². The van der Waals surface area contributed by atoms with Crippen molar-refractivity contribution in [2.45, 2.75) is 64.0 Å². The number of alkyl halides is 2. The predicted octanol–water partition coefficient (Wildman–Crippen LogP) is 2.66. The fourth-order valence-corrected chi connectivity index (χ4v) is 2.30. The number of carbonyl (C=O) groups excluding carboxylic acids is 1. The van der Waals surface area contributed by atoms with Crippen LogP contribution in [0.25, 0.3) is 0 Å². The molecule has 0 heterocycles. The van der Waals surface area contributed by atoms with Crippen LogP contribution in [0.1, 0.15) is 46.5 Å². The largest absolute Gasteiger partial charge is 0.444 e. The van der Waals surface area contributed by atoms with E-state index in [4.69, 9.17) is 10.5 Å². The summed E-state index contributed by atoms with van der Waals surface area (Å²) >= 11 is 0. The summed E-state index contributed by atoms with van der Waals surface area (Å²) in [4.78, 5) is 11.6. The normalized spacial score (nSPS) is 24.9. The third kappa shape index (κ3) is 5.30. The van der Waals surface area contributed by atoms with Crippen LogP contribution in [0.2, 0.25) is 0 Å². The van der Waals surface area contributed by atoms with Crippen LogP contribution < -0.4 is 11.1 Å². The number of ether oxygens (including phenoxy) is 1. The van der Waals surface area contributed by atoms with Gasteiger partial charge in [-0.3, -0.25) is 0 Å². The number of halogens is 2. The molecule has 0 aromatic heterocycles. The molecule has 0 radical (unpaired) electrons. The zero-order chi connectivity index (χ0) is 14.7. The lowest BCUT2D eigenvalue weighted by Crippen LogP contribution is -2.44. The Hall–Kier alpha value is -0.910. The van der Waals surface area contributed by atoms with E-state index < -0.39 is 30.1 Å². The van der Waals surface area contributed by atoms with E-state index in [1.807, 2.05) is 0 Å². The van der Waals surface area contributed by atoms with Crippen molar-refractivity contribution in [3.8, 4) is 0 Å². The Morgan fingerprint density at radius 3 is 2.21 bits per heavy atom. The molecule has 0 bridgehead atoms. The molecule has 0 unspecified atom stereocenters. The highest BCUT2D eigenvalue weighted by Gasteiger charge is 2.40. The van der Waals surface area contributed by atoms with Gasteiger partial charge in [-0.1, -0.05) is 0 Å². The van der Waals surface area contributed by atoms with E-state index in [0.29, 0.717) is 25.7 Å². The van der Waals surface area contributed by atoms with E-state index in [2.05, 4.69) is 5.32 Å². The summed E-state index contributed by atoms with van der Waals surface area (Å²) in [5, 5.41) is 2.73. The molecule has 1 aliphatic carbocycles. The van der Waals surface area contributed by atoms with Crippen molar-refractivity contribution in [2.75, 3.05) is 6.54 Å². The van der Waals surface area contributed by atoms with Gasteiger partial charge in [0.05, 0.1) is 6.54 Å². The molecule has 3 N–H and O–H groups in total. The minimum absolute atomic E-state index is 0.0836. The molecule has 0 saturated heterocycles. The van der Waals surface area contributed by atoms with Gasteiger partial charge in [-0.25, -0.2) is 13.6 Å². The van der Waals surface area contributed by atoms with Crippen molar-refractivity contribution in [2.24, 2.45) is 11.7 Å². The maximum Gasteiger partial charge on any atom is 0.407 e. The number of alkyl carbamates (subject to hydrolysis) is 1. The van der Waals surface area contributed by atoms with Gasteiger partial charge in [0.15, 0.2) is 0 Å². The van der Waals surface area contributed by atoms with Crippen LogP contribution in [0.5, 0.6) is 0 Å². The number of rotatable bonds is 3. The van der Waals surface area contributed by atoms with Crippen molar-refractivity contribution in [1.29, 1.82) is 0 Å². The van der Waals surface area contributed by atoms with Gasteiger partial charge in [0.2, 0.25) is 0 Å². The molecule has 0 aliphatic heterocycles. The molecule has 1 rings (SSSR count). The number of hydrogen-bond acceptors (Lipinski definition) is 3. The highest BCUT2D eigenvalue weighted by molar-refractivity contribution is 5.68. The summed E-state index contributed by atoms with van der Waals surface area (Å²) in [5.74, 6) is -3.47. The zero-order valence-electron chi connectivity index (χ0n) is 11.8. The van der Waals surface area contributed by atoms with Gasteiger partial charge in [-0.05, 0) is 46.5 Å². The Morgan fingerprint density at radius 2 is 1.79 bits per heavy atom. The topological polar surface area (TPSA) is 64.3 Å². The summed E-state index contributed by atoms with van der Waals surface area (Å²) in [7, 11) is 0. The Kier molecular flexibility index (Phi) is 5.12. The maximum atomic E-state index is 13.4. The first kappa shape index (κ1) is 16.1. The molecule has 0 atom stereocenters. The Labute approximate surface area is 113 Å². The number of carbonyl (C=O) groups is 1. The number of nitrogens with two attached hydrogens (primary N) is 1. The smallest absolute Gasteiger partial charge is 0.407 e. The van der Waals surface area contributed by atoms with E-state index in [1.165, 1.54) is 0 Å². The Morgan fingerprint density at radius 1 is 1.26 bits per heavy atom. The van der Waals surface area contributed by atoms with Crippen LogP contribution in [0.15, 0.2) is 0 Å². The van der Waals surface area contributed by atoms with E-state index in [1.54, 1.807) is 20.8 Å². The van der Waals surface area contributed by atoms with Crippen LogP contribution in [0.4, 0.5) is 13.6 Å². The number of amides is 1. The van der Waals surface area contributed by atoms with E-state index >= 15 is 0 Å². The lowest BCUT2D eigenvalue weighted by Gasteiger charge is -2.33. The average molecular weight is 278 g/mol. The second kappa shape index (κ2) is 6.03. The molecule has 112 valence electrons. The molecular weight excluding hydrogens is 254 g/mol. The highest BCUT2D eigenvalue weighted by Crippen LogP contribution is 2.35. The molecule has 19 heavy (non-hydrogen) atoms. The molecule has 0 spiro atoms. The van der Waals surface area contributed by atoms with Crippen molar-refractivity contribution in [3.63, 3.8) is 0 Å². The second-order valence-corrected chi connectivity index (χ2v) is 6.16. The van der Waals surface area contributed by atoms with Gasteiger partial charge < -0.3 is 15.8 Å². The molecule has 6 heteroatoms. The summed E-state index contributed by atoms with van der Waals surface area (Å²) in [6.45, 7) is 4.74. The summed E-state index contributed by atoms with van der Waals surface area (Å²) in [6, 6.07) is -0.0836. The number of nitrogens with one attached hydrogen (secondary N) is 1. The first-order valence-electron chi connectivity index (χ1n) is 6.71. The quantitative estimate of drug-likeness (QED) is 0.834. The zero-order valence-corrected chi connectivity index (χ0v) is 11.8. The van der Waals surface area contributed by atoms with Crippen LogP contribution in [0, 0.1) is 5.92 Å². The minimum Gasteiger partial charge on any atom is -0.444 e. The lowest BCUT2D eigenvalue weighted by molar-refractivity contribution is -0.0641. The number of hydrogen-bond donors (Lipinski definition) is 2. The standard InChI is InChI=1S/C13H24F2N2O2/c1-12(2,3)19-11(18)17-10-6-4-9(5-7-10)13(14,15)8-16/h9-10H,4-8,16H2,1-3H3,(H,17,18). The van der Waals surface area contributed by atoms with Gasteiger partial charge >= 0.3 is 6.09 Å². The predicted molar refractivity (Wildman–Crippen MR) is 69.1 cm³/mol. The molecule has 1 amide bonds. The van der Waals surface area contributed by atoms with Crippen LogP contribution in [-0.2, 0) is 4.74 Å². The molecule has 4 nitrogen and oxygen atoms in total. The summed E-state index contributed by atoms with van der Waals surface area (Å²) < 4.78 is 32.0. The molecular formula is C13H24F2N2O2. The van der Waals surface area contributed by atoms with Gasteiger partial charge in [-0.15, -0.1) is 0 Å². The Bertz CT molecular complexity index is 308. The van der Waals surface area contributed by atoms with Gasteiger partial charge in [0, 0.05) is 12.0 Å². The lowest BCUT2D eigenvalue weighted by atomic mass is 9.82. The summed E-state index contributed by atoms with van der Waals surface area (Å²) in [5.41, 5.74) is 4.53. The Balaban J connectivity index is 2.37. The third-order valence-corrected chi connectivity index (χ3v) is 3.32. The monoisotopic (exact) mass is 278 g/mol. The first-order chi connectivity index (χ1) is 8.64. The SMILES string of the molecule is CC(C)(C)OC(=O)NC1CCC(C(F)(F)CN)CC1. The molecule has 0 aromatic carbocycles. The van der Waals surface area contributed by atoms with Gasteiger partial charge in [0.25, 0.3) is 5.92 Å². The van der Waals surface area contributed by atoms with Crippen LogP contribution >= 0.6 is 0 Å².